The summed E-state index contributed by atoms with van der Waals surface area (Å²) in [6.07, 6.45) is 0. The highest BCUT2D eigenvalue weighted by atomic mass is 32.1. The lowest BCUT2D eigenvalue weighted by atomic mass is 9.66. The lowest BCUT2D eigenvalue weighted by Gasteiger charge is -2.36. The Bertz CT molecular complexity index is 818. The molecular weight excluding hydrogens is 332 g/mol. The van der Waals surface area contributed by atoms with Gasteiger partial charge in [-0.05, 0) is 28.5 Å². The van der Waals surface area contributed by atoms with Crippen LogP contribution >= 0.6 is 11.3 Å². The van der Waals surface area contributed by atoms with Gasteiger partial charge in [-0.1, -0.05) is 57.2 Å². The molecule has 3 rings (SSSR count). The maximum absolute atomic E-state index is 13.4. The molecule has 0 saturated carbocycles. The van der Waals surface area contributed by atoms with E-state index >= 15 is 0 Å². The fraction of sp³-hybridized carbons (Fsp3) is 0.333. The van der Waals surface area contributed by atoms with Crippen molar-refractivity contribution in [2.75, 3.05) is 7.11 Å². The van der Waals surface area contributed by atoms with Crippen LogP contribution in [0, 0.1) is 11.3 Å². The molecule has 0 N–H and O–H groups in total. The Labute approximate surface area is 152 Å². The molecule has 0 bridgehead atoms. The zero-order chi connectivity index (χ0) is 18.2. The largest absolute Gasteiger partial charge is 0.465 e. The van der Waals surface area contributed by atoms with Crippen molar-refractivity contribution in [3.63, 3.8) is 0 Å². The molecule has 0 unspecified atom stereocenters. The highest BCUT2D eigenvalue weighted by Gasteiger charge is 2.55. The van der Waals surface area contributed by atoms with Gasteiger partial charge in [0.25, 0.3) is 0 Å². The molecule has 2 atom stereocenters. The number of methoxy groups -OCH3 is 1. The molecule has 130 valence electrons. The molecule has 0 radical (unpaired) electrons. The molecule has 3 nitrogen and oxygen atoms in total. The number of Topliss-reactive ketones (excluding diaryl/α,β-unsaturated/α-hetero) is 1. The summed E-state index contributed by atoms with van der Waals surface area (Å²) >= 11 is 1.55. The van der Waals surface area contributed by atoms with Gasteiger partial charge in [0.15, 0.2) is 5.78 Å². The van der Waals surface area contributed by atoms with Crippen LogP contribution in [0.5, 0.6) is 0 Å². The number of hydrogen-bond donors (Lipinski definition) is 0. The summed E-state index contributed by atoms with van der Waals surface area (Å²) in [5.41, 5.74) is 1.36. The summed E-state index contributed by atoms with van der Waals surface area (Å²) in [6.45, 7) is 6.06. The second kappa shape index (κ2) is 6.60. The fourth-order valence-electron chi connectivity index (χ4n) is 3.72. The molecule has 1 heterocycles. The van der Waals surface area contributed by atoms with E-state index in [1.165, 1.54) is 7.11 Å². The highest BCUT2D eigenvalue weighted by Crippen LogP contribution is 2.58. The summed E-state index contributed by atoms with van der Waals surface area (Å²) in [4.78, 5) is 26.9. The minimum atomic E-state index is -0.690. The SMILES string of the molecule is COC(=O)C1=C(c2cccs2)[C@H](c2ccccc2)[C@@](C)(C(C)C)C1=O. The van der Waals surface area contributed by atoms with Crippen molar-refractivity contribution in [1.82, 2.24) is 0 Å². The van der Waals surface area contributed by atoms with Gasteiger partial charge in [-0.25, -0.2) is 4.79 Å². The number of rotatable bonds is 4. The molecular formula is C21H22O3S. The van der Waals surface area contributed by atoms with Crippen molar-refractivity contribution in [2.45, 2.75) is 26.7 Å². The predicted octanol–water partition coefficient (Wildman–Crippen LogP) is 4.70. The lowest BCUT2D eigenvalue weighted by molar-refractivity contribution is -0.139. The summed E-state index contributed by atoms with van der Waals surface area (Å²) < 4.78 is 4.98. The molecule has 4 heteroatoms. The third-order valence-electron chi connectivity index (χ3n) is 5.38. The highest BCUT2D eigenvalue weighted by molar-refractivity contribution is 7.11. The van der Waals surface area contributed by atoms with Crippen LogP contribution in [-0.2, 0) is 14.3 Å². The van der Waals surface area contributed by atoms with E-state index in [-0.39, 0.29) is 23.2 Å². The second-order valence-electron chi connectivity index (χ2n) is 6.87. The van der Waals surface area contributed by atoms with Crippen LogP contribution in [0.4, 0.5) is 0 Å². The van der Waals surface area contributed by atoms with Crippen LogP contribution in [0.25, 0.3) is 5.57 Å². The number of hydrogen-bond acceptors (Lipinski definition) is 4. The van der Waals surface area contributed by atoms with Crippen molar-refractivity contribution >= 4 is 28.7 Å². The number of ether oxygens (including phenoxy) is 1. The van der Waals surface area contributed by atoms with Crippen LogP contribution in [0.1, 0.15) is 37.1 Å². The van der Waals surface area contributed by atoms with Gasteiger partial charge in [-0.2, -0.15) is 0 Å². The van der Waals surface area contributed by atoms with E-state index in [0.29, 0.717) is 0 Å². The van der Waals surface area contributed by atoms with Gasteiger partial charge in [0, 0.05) is 16.2 Å². The first-order valence-electron chi connectivity index (χ1n) is 8.39. The molecule has 0 spiro atoms. The minimum absolute atomic E-state index is 0.0716. The third kappa shape index (κ3) is 2.65. The zero-order valence-electron chi connectivity index (χ0n) is 14.9. The standard InChI is InChI=1S/C21H22O3S/c1-13(2)21(3)18(14-9-6-5-7-10-14)16(15-11-8-12-25-15)17(19(21)22)20(23)24-4/h5-13,18H,1-4H3/t18-,21+/m0/s1. The van der Waals surface area contributed by atoms with Gasteiger partial charge >= 0.3 is 5.97 Å². The smallest absolute Gasteiger partial charge is 0.341 e. The molecule has 1 aromatic heterocycles. The Kier molecular flexibility index (Phi) is 4.65. The normalized spacial score (nSPS) is 23.4. The van der Waals surface area contributed by atoms with Crippen molar-refractivity contribution in [1.29, 1.82) is 0 Å². The number of carbonyl (C=O) groups is 2. The number of benzene rings is 1. The molecule has 0 amide bonds. The van der Waals surface area contributed by atoms with Crippen molar-refractivity contribution < 1.29 is 14.3 Å². The van der Waals surface area contributed by atoms with E-state index in [2.05, 4.69) is 0 Å². The number of allylic oxidation sites excluding steroid dienone is 1. The maximum Gasteiger partial charge on any atom is 0.341 e. The van der Waals surface area contributed by atoms with Crippen LogP contribution in [0.15, 0.2) is 53.4 Å². The molecule has 25 heavy (non-hydrogen) atoms. The average Bonchev–Trinajstić information content (AvgIpc) is 3.21. The third-order valence-corrected chi connectivity index (χ3v) is 6.29. The van der Waals surface area contributed by atoms with E-state index < -0.39 is 11.4 Å². The van der Waals surface area contributed by atoms with Gasteiger partial charge in [0.05, 0.1) is 7.11 Å². The van der Waals surface area contributed by atoms with Crippen LogP contribution in [-0.4, -0.2) is 18.9 Å². The number of thiophene rings is 1. The van der Waals surface area contributed by atoms with Crippen LogP contribution in [0.3, 0.4) is 0 Å². The Morgan fingerprint density at radius 2 is 1.84 bits per heavy atom. The average molecular weight is 354 g/mol. The maximum atomic E-state index is 13.4. The Morgan fingerprint density at radius 1 is 1.16 bits per heavy atom. The Morgan fingerprint density at radius 3 is 2.36 bits per heavy atom. The number of esters is 1. The molecule has 2 aromatic rings. The van der Waals surface area contributed by atoms with E-state index in [4.69, 9.17) is 4.74 Å². The van der Waals surface area contributed by atoms with E-state index in [1.54, 1.807) is 11.3 Å². The first-order valence-corrected chi connectivity index (χ1v) is 9.27. The van der Waals surface area contributed by atoms with Crippen LogP contribution < -0.4 is 0 Å². The summed E-state index contributed by atoms with van der Waals surface area (Å²) in [5, 5.41) is 1.97. The zero-order valence-corrected chi connectivity index (χ0v) is 15.7. The monoisotopic (exact) mass is 354 g/mol. The Balaban J connectivity index is 2.33. The van der Waals surface area contributed by atoms with E-state index in [9.17, 15) is 9.59 Å². The quantitative estimate of drug-likeness (QED) is 0.590. The molecule has 0 saturated heterocycles. The lowest BCUT2D eigenvalue weighted by Crippen LogP contribution is -2.36. The first kappa shape index (κ1) is 17.6. The van der Waals surface area contributed by atoms with Gasteiger partial charge in [0.2, 0.25) is 0 Å². The number of carbonyl (C=O) groups excluding carboxylic acids is 2. The van der Waals surface area contributed by atoms with Gasteiger partial charge in [-0.15, -0.1) is 11.3 Å². The summed E-state index contributed by atoms with van der Waals surface area (Å²) in [5.74, 6) is -0.762. The van der Waals surface area contributed by atoms with Gasteiger partial charge in [-0.3, -0.25) is 4.79 Å². The van der Waals surface area contributed by atoms with E-state index in [0.717, 1.165) is 16.0 Å². The summed E-state index contributed by atoms with van der Waals surface area (Å²) in [7, 11) is 1.33. The van der Waals surface area contributed by atoms with Gasteiger partial charge < -0.3 is 4.74 Å². The predicted molar refractivity (Wildman–Crippen MR) is 100 cm³/mol. The topological polar surface area (TPSA) is 43.4 Å². The first-order chi connectivity index (χ1) is 11.9. The minimum Gasteiger partial charge on any atom is -0.465 e. The van der Waals surface area contributed by atoms with Crippen molar-refractivity contribution in [2.24, 2.45) is 11.3 Å². The number of ketones is 1. The fourth-order valence-corrected chi connectivity index (χ4v) is 4.53. The van der Waals surface area contributed by atoms with Gasteiger partial charge in [0.1, 0.15) is 5.57 Å². The van der Waals surface area contributed by atoms with E-state index in [1.807, 2.05) is 68.6 Å². The van der Waals surface area contributed by atoms with Crippen LogP contribution in [0.2, 0.25) is 0 Å². The molecule has 1 aromatic carbocycles. The van der Waals surface area contributed by atoms with Crippen molar-refractivity contribution in [3.8, 4) is 0 Å². The Hall–Kier alpha value is -2.20. The molecule has 1 aliphatic carbocycles. The molecule has 0 fully saturated rings. The summed E-state index contributed by atoms with van der Waals surface area (Å²) in [6, 6.07) is 13.9. The molecule has 1 aliphatic rings. The molecule has 0 aliphatic heterocycles. The second-order valence-corrected chi connectivity index (χ2v) is 7.82. The van der Waals surface area contributed by atoms with Crippen molar-refractivity contribution in [3.05, 3.63) is 63.9 Å².